The van der Waals surface area contributed by atoms with E-state index in [0.29, 0.717) is 12.3 Å². The van der Waals surface area contributed by atoms with Crippen LogP contribution in [0.15, 0.2) is 16.6 Å². The van der Waals surface area contributed by atoms with Crippen LogP contribution in [0.4, 0.5) is 5.69 Å². The predicted molar refractivity (Wildman–Crippen MR) is 77.9 cm³/mol. The van der Waals surface area contributed by atoms with Crippen molar-refractivity contribution in [1.29, 1.82) is 0 Å². The molecule has 2 nitrogen and oxygen atoms in total. The second-order valence-electron chi connectivity index (χ2n) is 4.62. The summed E-state index contributed by atoms with van der Waals surface area (Å²) in [7, 11) is 0. The molecule has 0 N–H and O–H groups in total. The van der Waals surface area contributed by atoms with Crippen molar-refractivity contribution in [2.75, 3.05) is 16.8 Å². The Morgan fingerprint density at radius 1 is 1.35 bits per heavy atom. The Balaban J connectivity index is 2.35. The number of amides is 1. The molecule has 17 heavy (non-hydrogen) atoms. The Bertz CT molecular complexity index is 459. The van der Waals surface area contributed by atoms with Gasteiger partial charge in [-0.25, -0.2) is 0 Å². The zero-order valence-electron chi connectivity index (χ0n) is 9.96. The van der Waals surface area contributed by atoms with Crippen molar-refractivity contribution >= 4 is 43.5 Å². The van der Waals surface area contributed by atoms with Gasteiger partial charge in [0.25, 0.3) is 0 Å². The average molecular weight is 361 g/mol. The van der Waals surface area contributed by atoms with Gasteiger partial charge in [-0.3, -0.25) is 4.79 Å². The zero-order chi connectivity index (χ0) is 12.6. The van der Waals surface area contributed by atoms with Crippen molar-refractivity contribution in [3.05, 3.63) is 27.7 Å². The fourth-order valence-corrected chi connectivity index (χ4v) is 3.07. The molecule has 0 saturated carbocycles. The lowest BCUT2D eigenvalue weighted by molar-refractivity contribution is -0.117. The van der Waals surface area contributed by atoms with Crippen LogP contribution in [-0.4, -0.2) is 17.8 Å². The molecule has 1 aliphatic heterocycles. The monoisotopic (exact) mass is 359 g/mol. The van der Waals surface area contributed by atoms with Crippen molar-refractivity contribution in [2.45, 2.75) is 20.3 Å². The van der Waals surface area contributed by atoms with E-state index in [2.05, 4.69) is 50.9 Å². The average Bonchev–Trinajstić information content (AvgIpc) is 2.65. The number of benzene rings is 1. The van der Waals surface area contributed by atoms with E-state index in [0.717, 1.165) is 27.6 Å². The Hall–Kier alpha value is -0.350. The molecule has 2 rings (SSSR count). The maximum Gasteiger partial charge on any atom is 0.227 e. The molecule has 1 saturated heterocycles. The van der Waals surface area contributed by atoms with E-state index in [1.54, 1.807) is 0 Å². The number of carbonyl (C=O) groups excluding carboxylic acids is 1. The summed E-state index contributed by atoms with van der Waals surface area (Å²) >= 11 is 6.98. The lowest BCUT2D eigenvalue weighted by atomic mass is 10.1. The van der Waals surface area contributed by atoms with Gasteiger partial charge in [0.05, 0.1) is 0 Å². The van der Waals surface area contributed by atoms with Gasteiger partial charge in [0.15, 0.2) is 0 Å². The van der Waals surface area contributed by atoms with Crippen LogP contribution in [0.25, 0.3) is 0 Å². The molecule has 1 unspecified atom stereocenters. The first kappa shape index (κ1) is 13.1. The third-order valence-electron chi connectivity index (χ3n) is 3.19. The smallest absolute Gasteiger partial charge is 0.227 e. The molecule has 1 aliphatic rings. The first-order valence-electron chi connectivity index (χ1n) is 5.66. The Morgan fingerprint density at radius 3 is 2.65 bits per heavy atom. The molecule has 92 valence electrons. The Labute approximate surface area is 119 Å². The lowest BCUT2D eigenvalue weighted by Crippen LogP contribution is -2.25. The summed E-state index contributed by atoms with van der Waals surface area (Å²) in [5, 5.41) is 0.893. The molecule has 0 spiro atoms. The second kappa shape index (κ2) is 5.11. The summed E-state index contributed by atoms with van der Waals surface area (Å²) in [6.45, 7) is 4.93. The first-order valence-corrected chi connectivity index (χ1v) is 7.57. The van der Waals surface area contributed by atoms with E-state index in [9.17, 15) is 4.79 Å². The SMILES string of the molecule is Cc1cc(N2CC(CBr)CC2=O)c(C)cc1Br. The van der Waals surface area contributed by atoms with Crippen molar-refractivity contribution in [3.63, 3.8) is 0 Å². The van der Waals surface area contributed by atoms with E-state index < -0.39 is 0 Å². The summed E-state index contributed by atoms with van der Waals surface area (Å²) in [6.07, 6.45) is 0.653. The van der Waals surface area contributed by atoms with Crippen LogP contribution < -0.4 is 4.90 Å². The molecule has 1 aromatic carbocycles. The largest absolute Gasteiger partial charge is 0.312 e. The number of halogens is 2. The molecule has 1 heterocycles. The zero-order valence-corrected chi connectivity index (χ0v) is 13.1. The number of rotatable bonds is 2. The molecule has 1 atom stereocenters. The Kier molecular flexibility index (Phi) is 3.93. The van der Waals surface area contributed by atoms with E-state index in [4.69, 9.17) is 0 Å². The molecule has 0 radical (unpaired) electrons. The van der Waals surface area contributed by atoms with E-state index in [-0.39, 0.29) is 5.91 Å². The number of nitrogens with zero attached hydrogens (tertiary/aromatic N) is 1. The maximum atomic E-state index is 12.0. The fraction of sp³-hybridized carbons (Fsp3) is 0.462. The molecule has 1 aromatic rings. The summed E-state index contributed by atoms with van der Waals surface area (Å²) in [4.78, 5) is 13.9. The lowest BCUT2D eigenvalue weighted by Gasteiger charge is -2.20. The van der Waals surface area contributed by atoms with Gasteiger partial charge in [-0.1, -0.05) is 31.9 Å². The van der Waals surface area contributed by atoms with Crippen LogP contribution in [-0.2, 0) is 4.79 Å². The fourth-order valence-electron chi connectivity index (χ4n) is 2.17. The summed E-state index contributed by atoms with van der Waals surface area (Å²) < 4.78 is 1.10. The minimum atomic E-state index is 0.235. The molecular formula is C13H15Br2NO. The summed E-state index contributed by atoms with van der Waals surface area (Å²) in [5.41, 5.74) is 3.37. The van der Waals surface area contributed by atoms with Crippen LogP contribution in [0.3, 0.4) is 0 Å². The highest BCUT2D eigenvalue weighted by molar-refractivity contribution is 9.10. The van der Waals surface area contributed by atoms with E-state index in [1.807, 2.05) is 11.8 Å². The third kappa shape index (κ3) is 2.58. The summed E-state index contributed by atoms with van der Waals surface area (Å²) in [5.74, 6) is 0.671. The van der Waals surface area contributed by atoms with Crippen LogP contribution in [0.1, 0.15) is 17.5 Å². The number of hydrogen-bond donors (Lipinski definition) is 0. The second-order valence-corrected chi connectivity index (χ2v) is 6.12. The number of alkyl halides is 1. The highest BCUT2D eigenvalue weighted by atomic mass is 79.9. The highest BCUT2D eigenvalue weighted by Gasteiger charge is 2.30. The first-order chi connectivity index (χ1) is 8.02. The van der Waals surface area contributed by atoms with Gasteiger partial charge in [-0.05, 0) is 43.0 Å². The Morgan fingerprint density at radius 2 is 2.06 bits per heavy atom. The number of hydrogen-bond acceptors (Lipinski definition) is 1. The minimum Gasteiger partial charge on any atom is -0.312 e. The van der Waals surface area contributed by atoms with Crippen LogP contribution >= 0.6 is 31.9 Å². The quantitative estimate of drug-likeness (QED) is 0.734. The third-order valence-corrected chi connectivity index (χ3v) is 4.96. The standard InChI is InChI=1S/C13H15Br2NO/c1-8-4-12(9(2)3-11(8)15)16-7-10(6-14)5-13(16)17/h3-4,10H,5-7H2,1-2H3. The molecular weight excluding hydrogens is 346 g/mol. The van der Waals surface area contributed by atoms with Gasteiger partial charge in [0.1, 0.15) is 0 Å². The number of anilines is 1. The van der Waals surface area contributed by atoms with Gasteiger partial charge >= 0.3 is 0 Å². The van der Waals surface area contributed by atoms with Crippen LogP contribution in [0.5, 0.6) is 0 Å². The van der Waals surface area contributed by atoms with Gasteiger partial charge in [-0.15, -0.1) is 0 Å². The van der Waals surface area contributed by atoms with Gasteiger partial charge in [-0.2, -0.15) is 0 Å². The molecule has 0 aliphatic carbocycles. The maximum absolute atomic E-state index is 12.0. The normalized spacial score (nSPS) is 20.1. The molecule has 0 aromatic heterocycles. The topological polar surface area (TPSA) is 20.3 Å². The molecule has 1 fully saturated rings. The van der Waals surface area contributed by atoms with Gasteiger partial charge in [0.2, 0.25) is 5.91 Å². The highest BCUT2D eigenvalue weighted by Crippen LogP contribution is 2.32. The predicted octanol–water partition coefficient (Wildman–Crippen LogP) is 3.81. The van der Waals surface area contributed by atoms with Crippen LogP contribution in [0, 0.1) is 19.8 Å². The number of aryl methyl sites for hydroxylation is 2. The van der Waals surface area contributed by atoms with Crippen LogP contribution in [0.2, 0.25) is 0 Å². The molecule has 1 amide bonds. The van der Waals surface area contributed by atoms with Crippen molar-refractivity contribution in [1.82, 2.24) is 0 Å². The summed E-state index contributed by atoms with van der Waals surface area (Å²) in [6, 6.07) is 4.17. The van der Waals surface area contributed by atoms with Crippen molar-refractivity contribution in [3.8, 4) is 0 Å². The molecule has 4 heteroatoms. The van der Waals surface area contributed by atoms with E-state index >= 15 is 0 Å². The van der Waals surface area contributed by atoms with Gasteiger partial charge in [0, 0.05) is 28.5 Å². The van der Waals surface area contributed by atoms with E-state index in [1.165, 1.54) is 5.56 Å². The van der Waals surface area contributed by atoms with Crippen molar-refractivity contribution in [2.24, 2.45) is 5.92 Å². The number of carbonyl (C=O) groups is 1. The van der Waals surface area contributed by atoms with Gasteiger partial charge < -0.3 is 4.90 Å². The minimum absolute atomic E-state index is 0.235. The van der Waals surface area contributed by atoms with Crippen molar-refractivity contribution < 1.29 is 4.79 Å². The molecule has 0 bridgehead atoms.